The summed E-state index contributed by atoms with van der Waals surface area (Å²) in [5, 5.41) is 0. The highest BCUT2D eigenvalue weighted by molar-refractivity contribution is 5.14. The van der Waals surface area contributed by atoms with Gasteiger partial charge in [-0.3, -0.25) is 0 Å². The van der Waals surface area contributed by atoms with Crippen molar-refractivity contribution in [3.63, 3.8) is 0 Å². The van der Waals surface area contributed by atoms with Crippen molar-refractivity contribution in [2.45, 2.75) is 51.2 Å². The van der Waals surface area contributed by atoms with Crippen molar-refractivity contribution in [2.24, 2.45) is 0 Å². The van der Waals surface area contributed by atoms with Crippen LogP contribution in [0.4, 0.5) is 0 Å². The predicted octanol–water partition coefficient (Wildman–Crippen LogP) is 3.94. The van der Waals surface area contributed by atoms with Gasteiger partial charge in [-0.25, -0.2) is 0 Å². The third-order valence-corrected chi connectivity index (χ3v) is 4.48. The van der Waals surface area contributed by atoms with E-state index >= 15 is 0 Å². The highest BCUT2D eigenvalue weighted by atomic mass is 16.7. The van der Waals surface area contributed by atoms with Gasteiger partial charge in [0.05, 0.1) is 25.4 Å². The van der Waals surface area contributed by atoms with E-state index < -0.39 is 0 Å². The zero-order chi connectivity index (χ0) is 17.5. The fourth-order valence-electron chi connectivity index (χ4n) is 3.10. The molecule has 4 unspecified atom stereocenters. The minimum Gasteiger partial charge on any atom is -0.371 e. The first-order chi connectivity index (χ1) is 12.3. The molecule has 25 heavy (non-hydrogen) atoms. The summed E-state index contributed by atoms with van der Waals surface area (Å²) in [6, 6.07) is 20.3. The highest BCUT2D eigenvalue weighted by Gasteiger charge is 2.38. The molecule has 0 N–H and O–H groups in total. The lowest BCUT2D eigenvalue weighted by atomic mass is 10.0. The van der Waals surface area contributed by atoms with E-state index in [9.17, 15) is 0 Å². The molecule has 0 saturated carbocycles. The Morgan fingerprint density at radius 2 is 1.44 bits per heavy atom. The maximum Gasteiger partial charge on any atom is 0.160 e. The molecule has 3 rings (SSSR count). The van der Waals surface area contributed by atoms with Crippen molar-refractivity contribution in [3.8, 4) is 0 Å². The first kappa shape index (κ1) is 18.1. The molecule has 1 heterocycles. The maximum absolute atomic E-state index is 6.19. The zero-order valence-corrected chi connectivity index (χ0v) is 14.8. The van der Waals surface area contributed by atoms with E-state index in [1.54, 1.807) is 7.11 Å². The van der Waals surface area contributed by atoms with Crippen LogP contribution in [0.5, 0.6) is 0 Å². The van der Waals surface area contributed by atoms with Crippen LogP contribution in [0.1, 0.15) is 24.5 Å². The highest BCUT2D eigenvalue weighted by Crippen LogP contribution is 2.27. The zero-order valence-electron chi connectivity index (χ0n) is 14.8. The van der Waals surface area contributed by atoms with Crippen molar-refractivity contribution in [1.29, 1.82) is 0 Å². The molecule has 1 aliphatic rings. The van der Waals surface area contributed by atoms with Gasteiger partial charge in [0.15, 0.2) is 6.29 Å². The molecule has 4 heteroatoms. The Hall–Kier alpha value is -1.72. The molecule has 0 radical (unpaired) electrons. The van der Waals surface area contributed by atoms with Gasteiger partial charge in [0.25, 0.3) is 0 Å². The second-order valence-electron chi connectivity index (χ2n) is 6.34. The molecule has 1 saturated heterocycles. The molecule has 2 aromatic carbocycles. The van der Waals surface area contributed by atoms with Crippen molar-refractivity contribution in [3.05, 3.63) is 71.8 Å². The molecule has 4 atom stereocenters. The first-order valence-electron chi connectivity index (χ1n) is 8.75. The summed E-state index contributed by atoms with van der Waals surface area (Å²) in [6.45, 7) is 3.11. The van der Waals surface area contributed by atoms with Crippen molar-refractivity contribution >= 4 is 0 Å². The first-order valence-corrected chi connectivity index (χ1v) is 8.75. The molecule has 0 amide bonds. The molecule has 4 nitrogen and oxygen atoms in total. The van der Waals surface area contributed by atoms with E-state index in [2.05, 4.69) is 24.3 Å². The molecule has 1 aliphatic heterocycles. The predicted molar refractivity (Wildman–Crippen MR) is 96.0 cm³/mol. The number of hydrogen-bond donors (Lipinski definition) is 0. The molecular weight excluding hydrogens is 316 g/mol. The Morgan fingerprint density at radius 3 is 2.00 bits per heavy atom. The van der Waals surface area contributed by atoms with Gasteiger partial charge in [-0.05, 0) is 18.1 Å². The Bertz CT molecular complexity index is 616. The maximum atomic E-state index is 6.19. The van der Waals surface area contributed by atoms with Crippen molar-refractivity contribution in [2.75, 3.05) is 7.11 Å². The third kappa shape index (κ3) is 5.13. The minimum atomic E-state index is -0.257. The quantitative estimate of drug-likeness (QED) is 0.764. The van der Waals surface area contributed by atoms with Crippen LogP contribution in [0.25, 0.3) is 0 Å². The number of methoxy groups -OCH3 is 1. The fraction of sp³-hybridized carbons (Fsp3) is 0.429. The monoisotopic (exact) mass is 342 g/mol. The second-order valence-corrected chi connectivity index (χ2v) is 6.34. The van der Waals surface area contributed by atoms with E-state index in [1.807, 2.05) is 43.3 Å². The summed E-state index contributed by atoms with van der Waals surface area (Å²) >= 11 is 0. The summed E-state index contributed by atoms with van der Waals surface area (Å²) < 4.78 is 23.6. The summed E-state index contributed by atoms with van der Waals surface area (Å²) in [6.07, 6.45) is 0.108. The van der Waals surface area contributed by atoms with Crippen LogP contribution >= 0.6 is 0 Å². The van der Waals surface area contributed by atoms with Gasteiger partial charge >= 0.3 is 0 Å². The van der Waals surface area contributed by atoms with Crippen LogP contribution in [0, 0.1) is 0 Å². The number of benzene rings is 2. The van der Waals surface area contributed by atoms with Gasteiger partial charge in [0, 0.05) is 13.5 Å². The molecule has 0 aliphatic carbocycles. The number of rotatable bonds is 7. The van der Waals surface area contributed by atoms with Gasteiger partial charge < -0.3 is 18.9 Å². The summed E-state index contributed by atoms with van der Waals surface area (Å²) in [7, 11) is 1.66. The van der Waals surface area contributed by atoms with Gasteiger partial charge in [0.1, 0.15) is 6.10 Å². The van der Waals surface area contributed by atoms with Crippen LogP contribution in [0.2, 0.25) is 0 Å². The molecule has 1 fully saturated rings. The van der Waals surface area contributed by atoms with Gasteiger partial charge in [-0.15, -0.1) is 0 Å². The van der Waals surface area contributed by atoms with Gasteiger partial charge in [0.2, 0.25) is 0 Å². The summed E-state index contributed by atoms with van der Waals surface area (Å²) in [4.78, 5) is 0. The van der Waals surface area contributed by atoms with Crippen LogP contribution in [0.3, 0.4) is 0 Å². The average Bonchev–Trinajstić information content (AvgIpc) is 2.67. The lowest BCUT2D eigenvalue weighted by Gasteiger charge is -2.39. The SMILES string of the molecule is COC1CC(OCc2ccccc2)C(OCc2ccccc2)C(C)O1. The normalized spacial score (nSPS) is 26.5. The lowest BCUT2D eigenvalue weighted by Crippen LogP contribution is -2.49. The van der Waals surface area contributed by atoms with E-state index in [4.69, 9.17) is 18.9 Å². The van der Waals surface area contributed by atoms with Gasteiger partial charge in [-0.1, -0.05) is 60.7 Å². The second kappa shape index (κ2) is 9.11. The van der Waals surface area contributed by atoms with Crippen LogP contribution in [0.15, 0.2) is 60.7 Å². The lowest BCUT2D eigenvalue weighted by molar-refractivity contribution is -0.259. The van der Waals surface area contributed by atoms with Crippen LogP contribution in [-0.4, -0.2) is 31.7 Å². The van der Waals surface area contributed by atoms with E-state index in [-0.39, 0.29) is 24.6 Å². The Balaban J connectivity index is 1.63. The Labute approximate surface area is 149 Å². The largest absolute Gasteiger partial charge is 0.371 e. The van der Waals surface area contributed by atoms with E-state index in [0.717, 1.165) is 11.1 Å². The molecule has 134 valence electrons. The topological polar surface area (TPSA) is 36.9 Å². The van der Waals surface area contributed by atoms with Crippen molar-refractivity contribution in [1.82, 2.24) is 0 Å². The van der Waals surface area contributed by atoms with Gasteiger partial charge in [-0.2, -0.15) is 0 Å². The molecule has 0 aromatic heterocycles. The molecular formula is C21H26O4. The molecule has 0 bridgehead atoms. The summed E-state index contributed by atoms with van der Waals surface area (Å²) in [5.74, 6) is 0. The average molecular weight is 342 g/mol. The molecule has 0 spiro atoms. The van der Waals surface area contributed by atoms with Crippen molar-refractivity contribution < 1.29 is 18.9 Å². The Kier molecular flexibility index (Phi) is 6.59. The fourth-order valence-corrected chi connectivity index (χ4v) is 3.10. The van der Waals surface area contributed by atoms with Crippen LogP contribution < -0.4 is 0 Å². The molecule has 2 aromatic rings. The van der Waals surface area contributed by atoms with E-state index in [0.29, 0.717) is 19.6 Å². The van der Waals surface area contributed by atoms with E-state index in [1.165, 1.54) is 0 Å². The Morgan fingerprint density at radius 1 is 0.880 bits per heavy atom. The number of ether oxygens (including phenoxy) is 4. The standard InChI is InChI=1S/C21H26O4/c1-16-21(24-15-18-11-7-4-8-12-18)19(13-20(22-2)25-16)23-14-17-9-5-3-6-10-17/h3-12,16,19-21H,13-15H2,1-2H3. The third-order valence-electron chi connectivity index (χ3n) is 4.48. The van der Waals surface area contributed by atoms with Crippen LogP contribution in [-0.2, 0) is 32.2 Å². The minimum absolute atomic E-state index is 0.0716. The summed E-state index contributed by atoms with van der Waals surface area (Å²) in [5.41, 5.74) is 2.29. The number of hydrogen-bond acceptors (Lipinski definition) is 4. The smallest absolute Gasteiger partial charge is 0.160 e.